The van der Waals surface area contributed by atoms with Gasteiger partial charge in [-0.25, -0.2) is 4.79 Å². The van der Waals surface area contributed by atoms with Crippen molar-refractivity contribution in [1.82, 2.24) is 15.1 Å². The first-order valence-corrected chi connectivity index (χ1v) is 8.02. The van der Waals surface area contributed by atoms with Crippen molar-refractivity contribution in [3.05, 3.63) is 24.3 Å². The van der Waals surface area contributed by atoms with Crippen molar-refractivity contribution in [3.63, 3.8) is 0 Å². The highest BCUT2D eigenvalue weighted by Crippen LogP contribution is 2.17. The molecule has 2 fully saturated rings. The molecule has 0 aromatic heterocycles. The lowest BCUT2D eigenvalue weighted by Crippen LogP contribution is -2.54. The molecule has 3 N–H and O–H groups in total. The highest BCUT2D eigenvalue weighted by Gasteiger charge is 2.26. The number of hydrogen-bond donors (Lipinski definition) is 3. The van der Waals surface area contributed by atoms with Crippen LogP contribution in [0.2, 0.25) is 0 Å². The van der Waals surface area contributed by atoms with Crippen molar-refractivity contribution in [3.8, 4) is 5.75 Å². The SMILES string of the molecule is O=C(Nc1ccc(O)cc1)N1CCN(C2CCNCC2)CC1. The quantitative estimate of drug-likeness (QED) is 0.720. The molecule has 2 saturated heterocycles. The third-order valence-corrected chi connectivity index (χ3v) is 4.55. The number of aromatic hydroxyl groups is 1. The van der Waals surface area contributed by atoms with Gasteiger partial charge in [-0.05, 0) is 50.2 Å². The standard InChI is InChI=1S/C16H24N4O2/c21-15-3-1-13(2-4-15)18-16(22)20-11-9-19(10-12-20)14-5-7-17-8-6-14/h1-4,14,17,21H,5-12H2,(H,18,22). The molecule has 6 nitrogen and oxygen atoms in total. The Morgan fingerprint density at radius 1 is 1.09 bits per heavy atom. The zero-order valence-corrected chi connectivity index (χ0v) is 12.8. The molecule has 0 saturated carbocycles. The van der Waals surface area contributed by atoms with Gasteiger partial charge in [-0.2, -0.15) is 0 Å². The summed E-state index contributed by atoms with van der Waals surface area (Å²) in [6.07, 6.45) is 2.42. The summed E-state index contributed by atoms with van der Waals surface area (Å²) >= 11 is 0. The van der Waals surface area contributed by atoms with Gasteiger partial charge in [0.25, 0.3) is 0 Å². The van der Waals surface area contributed by atoms with E-state index >= 15 is 0 Å². The number of phenols is 1. The normalized spacial score (nSPS) is 20.8. The van der Waals surface area contributed by atoms with E-state index in [4.69, 9.17) is 0 Å². The Morgan fingerprint density at radius 2 is 1.73 bits per heavy atom. The van der Waals surface area contributed by atoms with E-state index in [9.17, 15) is 9.90 Å². The minimum absolute atomic E-state index is 0.0596. The van der Waals surface area contributed by atoms with E-state index < -0.39 is 0 Å². The van der Waals surface area contributed by atoms with E-state index in [2.05, 4.69) is 15.5 Å². The average Bonchev–Trinajstić information content (AvgIpc) is 2.58. The van der Waals surface area contributed by atoms with Gasteiger partial charge in [-0.1, -0.05) is 0 Å². The molecule has 0 aliphatic carbocycles. The van der Waals surface area contributed by atoms with Crippen molar-refractivity contribution in [2.24, 2.45) is 0 Å². The number of nitrogens with zero attached hydrogens (tertiary/aromatic N) is 2. The minimum atomic E-state index is -0.0596. The van der Waals surface area contributed by atoms with Crippen LogP contribution >= 0.6 is 0 Å². The summed E-state index contributed by atoms with van der Waals surface area (Å²) in [5.74, 6) is 0.202. The Balaban J connectivity index is 1.48. The lowest BCUT2D eigenvalue weighted by atomic mass is 10.0. The number of piperazine rings is 1. The predicted molar refractivity (Wildman–Crippen MR) is 86.2 cm³/mol. The topological polar surface area (TPSA) is 67.8 Å². The Hall–Kier alpha value is -1.79. The molecule has 1 aromatic carbocycles. The third-order valence-electron chi connectivity index (χ3n) is 4.55. The molecule has 2 amide bonds. The molecule has 2 aliphatic rings. The monoisotopic (exact) mass is 304 g/mol. The van der Waals surface area contributed by atoms with Crippen LogP contribution in [0.1, 0.15) is 12.8 Å². The largest absolute Gasteiger partial charge is 0.508 e. The number of benzene rings is 1. The smallest absolute Gasteiger partial charge is 0.321 e. The van der Waals surface area contributed by atoms with Gasteiger partial charge in [0.2, 0.25) is 0 Å². The van der Waals surface area contributed by atoms with Gasteiger partial charge in [-0.15, -0.1) is 0 Å². The first-order chi connectivity index (χ1) is 10.7. The predicted octanol–water partition coefficient (Wildman–Crippen LogP) is 1.29. The number of hydrogen-bond acceptors (Lipinski definition) is 4. The van der Waals surface area contributed by atoms with Crippen molar-refractivity contribution < 1.29 is 9.90 Å². The Labute approximate surface area is 131 Å². The maximum Gasteiger partial charge on any atom is 0.321 e. The molecule has 6 heteroatoms. The van der Waals surface area contributed by atoms with E-state index in [0.29, 0.717) is 11.7 Å². The first kappa shape index (κ1) is 15.1. The number of piperidine rings is 1. The van der Waals surface area contributed by atoms with Crippen LogP contribution in [-0.4, -0.2) is 66.2 Å². The zero-order chi connectivity index (χ0) is 15.4. The number of carbonyl (C=O) groups excluding carboxylic acids is 1. The number of nitrogens with one attached hydrogen (secondary N) is 2. The summed E-state index contributed by atoms with van der Waals surface area (Å²) in [7, 11) is 0. The molecule has 0 unspecified atom stereocenters. The van der Waals surface area contributed by atoms with E-state index in [0.717, 1.165) is 39.3 Å². The van der Waals surface area contributed by atoms with Crippen LogP contribution in [0.4, 0.5) is 10.5 Å². The lowest BCUT2D eigenvalue weighted by molar-refractivity contribution is 0.0975. The highest BCUT2D eigenvalue weighted by molar-refractivity contribution is 5.89. The summed E-state index contributed by atoms with van der Waals surface area (Å²) in [4.78, 5) is 16.6. The van der Waals surface area contributed by atoms with Crippen LogP contribution in [0.5, 0.6) is 5.75 Å². The Morgan fingerprint density at radius 3 is 2.36 bits per heavy atom. The number of amides is 2. The summed E-state index contributed by atoms with van der Waals surface area (Å²) in [6.45, 7) is 5.65. The Bertz CT molecular complexity index is 491. The Kier molecular flexibility index (Phi) is 4.80. The molecule has 2 heterocycles. The first-order valence-electron chi connectivity index (χ1n) is 8.02. The summed E-state index contributed by atoms with van der Waals surface area (Å²) in [6, 6.07) is 7.17. The van der Waals surface area contributed by atoms with Gasteiger partial charge in [-0.3, -0.25) is 4.90 Å². The van der Waals surface area contributed by atoms with Crippen molar-refractivity contribution >= 4 is 11.7 Å². The van der Waals surface area contributed by atoms with Crippen molar-refractivity contribution in [1.29, 1.82) is 0 Å². The van der Waals surface area contributed by atoms with Gasteiger partial charge in [0.15, 0.2) is 0 Å². The average molecular weight is 304 g/mol. The van der Waals surface area contributed by atoms with Crippen LogP contribution in [0.15, 0.2) is 24.3 Å². The van der Waals surface area contributed by atoms with E-state index in [1.807, 2.05) is 4.90 Å². The summed E-state index contributed by atoms with van der Waals surface area (Å²) in [5, 5.41) is 15.5. The highest BCUT2D eigenvalue weighted by atomic mass is 16.3. The summed E-state index contributed by atoms with van der Waals surface area (Å²) < 4.78 is 0. The van der Waals surface area contributed by atoms with Crippen LogP contribution in [-0.2, 0) is 0 Å². The second-order valence-electron chi connectivity index (χ2n) is 5.98. The van der Waals surface area contributed by atoms with Gasteiger partial charge < -0.3 is 20.6 Å². The molecule has 2 aliphatic heterocycles. The van der Waals surface area contributed by atoms with Crippen LogP contribution in [0.3, 0.4) is 0 Å². The summed E-state index contributed by atoms with van der Waals surface area (Å²) in [5.41, 5.74) is 0.712. The third kappa shape index (κ3) is 3.69. The van der Waals surface area contributed by atoms with Crippen molar-refractivity contribution in [2.75, 3.05) is 44.6 Å². The van der Waals surface area contributed by atoms with Crippen LogP contribution < -0.4 is 10.6 Å². The van der Waals surface area contributed by atoms with Gasteiger partial charge in [0.05, 0.1) is 0 Å². The molecule has 1 aromatic rings. The molecule has 120 valence electrons. The van der Waals surface area contributed by atoms with E-state index in [1.54, 1.807) is 24.3 Å². The van der Waals surface area contributed by atoms with Gasteiger partial charge in [0.1, 0.15) is 5.75 Å². The minimum Gasteiger partial charge on any atom is -0.508 e. The zero-order valence-electron chi connectivity index (χ0n) is 12.8. The van der Waals surface area contributed by atoms with E-state index in [-0.39, 0.29) is 11.8 Å². The fourth-order valence-electron chi connectivity index (χ4n) is 3.21. The van der Waals surface area contributed by atoms with Crippen LogP contribution in [0.25, 0.3) is 0 Å². The molecule has 0 atom stereocenters. The molecular weight excluding hydrogens is 280 g/mol. The fraction of sp³-hybridized carbons (Fsp3) is 0.562. The number of phenolic OH excluding ortho intramolecular Hbond substituents is 1. The molecular formula is C16H24N4O2. The molecule has 22 heavy (non-hydrogen) atoms. The number of rotatable bonds is 2. The fourth-order valence-corrected chi connectivity index (χ4v) is 3.21. The maximum atomic E-state index is 12.3. The van der Waals surface area contributed by atoms with Gasteiger partial charge in [0, 0.05) is 37.9 Å². The van der Waals surface area contributed by atoms with E-state index in [1.165, 1.54) is 12.8 Å². The number of anilines is 1. The maximum absolute atomic E-state index is 12.3. The second kappa shape index (κ2) is 6.98. The van der Waals surface area contributed by atoms with Gasteiger partial charge >= 0.3 is 6.03 Å². The second-order valence-corrected chi connectivity index (χ2v) is 5.98. The molecule has 0 bridgehead atoms. The van der Waals surface area contributed by atoms with Crippen LogP contribution in [0, 0.1) is 0 Å². The molecule has 0 radical (unpaired) electrons. The lowest BCUT2D eigenvalue weighted by Gasteiger charge is -2.40. The molecule has 0 spiro atoms. The van der Waals surface area contributed by atoms with Crippen molar-refractivity contribution in [2.45, 2.75) is 18.9 Å². The molecule has 3 rings (SSSR count). The number of urea groups is 1. The number of carbonyl (C=O) groups is 1.